The number of rotatable bonds is 7. The standard InChI is InChI=1S/C14H16ClN3O4S/c1-23(20,21)17-7-6-14(19)16-9-12-8-13(22-18-12)10-2-4-11(15)5-3-10/h2-5,8,17H,6-7,9H2,1H3,(H,16,19). The molecule has 124 valence electrons. The Labute approximate surface area is 139 Å². The monoisotopic (exact) mass is 357 g/mol. The van der Waals surface area contributed by atoms with E-state index < -0.39 is 10.0 Å². The van der Waals surface area contributed by atoms with Crippen LogP contribution in [0.15, 0.2) is 34.9 Å². The fourth-order valence-electron chi connectivity index (χ4n) is 1.77. The molecule has 2 N–H and O–H groups in total. The predicted octanol–water partition coefficient (Wildman–Crippen LogP) is 1.55. The van der Waals surface area contributed by atoms with Crippen LogP contribution in [0.25, 0.3) is 11.3 Å². The Bertz CT molecular complexity index is 772. The van der Waals surface area contributed by atoms with Crippen molar-refractivity contribution < 1.29 is 17.7 Å². The lowest BCUT2D eigenvalue weighted by molar-refractivity contribution is -0.121. The van der Waals surface area contributed by atoms with E-state index in [2.05, 4.69) is 15.2 Å². The summed E-state index contributed by atoms with van der Waals surface area (Å²) in [5.74, 6) is 0.293. The molecule has 9 heteroatoms. The van der Waals surface area contributed by atoms with E-state index in [4.69, 9.17) is 16.1 Å². The molecule has 0 saturated carbocycles. The molecule has 0 fully saturated rings. The van der Waals surface area contributed by atoms with Gasteiger partial charge in [0.05, 0.1) is 12.8 Å². The number of aromatic nitrogens is 1. The van der Waals surface area contributed by atoms with Gasteiger partial charge in [-0.05, 0) is 24.3 Å². The number of carbonyl (C=O) groups excluding carboxylic acids is 1. The number of halogens is 1. The Morgan fingerprint density at radius 2 is 2.00 bits per heavy atom. The molecule has 7 nitrogen and oxygen atoms in total. The molecule has 0 aliphatic rings. The fraction of sp³-hybridized carbons (Fsp3) is 0.286. The van der Waals surface area contributed by atoms with Gasteiger partial charge in [-0.15, -0.1) is 0 Å². The molecule has 0 radical (unpaired) electrons. The van der Waals surface area contributed by atoms with Crippen molar-refractivity contribution in [3.63, 3.8) is 0 Å². The third-order valence-electron chi connectivity index (χ3n) is 2.87. The van der Waals surface area contributed by atoms with Crippen molar-refractivity contribution in [2.45, 2.75) is 13.0 Å². The molecular formula is C14H16ClN3O4S. The van der Waals surface area contributed by atoms with Crippen molar-refractivity contribution in [1.29, 1.82) is 0 Å². The molecule has 0 unspecified atom stereocenters. The summed E-state index contributed by atoms with van der Waals surface area (Å²) in [5.41, 5.74) is 1.40. The summed E-state index contributed by atoms with van der Waals surface area (Å²) in [4.78, 5) is 11.6. The molecule has 0 aliphatic heterocycles. The van der Waals surface area contributed by atoms with E-state index in [9.17, 15) is 13.2 Å². The number of benzene rings is 1. The summed E-state index contributed by atoms with van der Waals surface area (Å²) in [5, 5.41) is 7.14. The summed E-state index contributed by atoms with van der Waals surface area (Å²) in [6, 6.07) is 8.83. The topological polar surface area (TPSA) is 101 Å². The van der Waals surface area contributed by atoms with Gasteiger partial charge in [0.15, 0.2) is 5.76 Å². The first kappa shape index (κ1) is 17.5. The van der Waals surface area contributed by atoms with Crippen molar-refractivity contribution in [3.8, 4) is 11.3 Å². The number of nitrogens with zero attached hydrogens (tertiary/aromatic N) is 1. The zero-order valence-corrected chi connectivity index (χ0v) is 13.9. The minimum Gasteiger partial charge on any atom is -0.356 e. The first-order valence-electron chi connectivity index (χ1n) is 6.76. The highest BCUT2D eigenvalue weighted by Gasteiger charge is 2.09. The maximum atomic E-state index is 11.6. The van der Waals surface area contributed by atoms with E-state index in [1.807, 2.05) is 12.1 Å². The second-order valence-corrected chi connectivity index (χ2v) is 7.15. The molecule has 1 aromatic heterocycles. The Morgan fingerprint density at radius 3 is 2.65 bits per heavy atom. The maximum Gasteiger partial charge on any atom is 0.221 e. The predicted molar refractivity (Wildman–Crippen MR) is 86.3 cm³/mol. The summed E-state index contributed by atoms with van der Waals surface area (Å²) in [7, 11) is -3.28. The fourth-order valence-corrected chi connectivity index (χ4v) is 2.37. The van der Waals surface area contributed by atoms with Crippen LogP contribution in [-0.4, -0.2) is 32.3 Å². The van der Waals surface area contributed by atoms with Crippen LogP contribution in [-0.2, 0) is 21.4 Å². The van der Waals surface area contributed by atoms with Crippen molar-refractivity contribution in [2.24, 2.45) is 0 Å². The van der Waals surface area contributed by atoms with Crippen LogP contribution in [0.4, 0.5) is 0 Å². The molecule has 1 aromatic carbocycles. The summed E-state index contributed by atoms with van der Waals surface area (Å²) < 4.78 is 29.2. The second-order valence-electron chi connectivity index (χ2n) is 4.88. The van der Waals surface area contributed by atoms with Gasteiger partial charge in [-0.1, -0.05) is 16.8 Å². The Kier molecular flexibility index (Phi) is 5.75. The van der Waals surface area contributed by atoms with Crippen LogP contribution in [0, 0.1) is 0 Å². The quantitative estimate of drug-likeness (QED) is 0.782. The van der Waals surface area contributed by atoms with Gasteiger partial charge in [0, 0.05) is 29.6 Å². The third kappa shape index (κ3) is 6.01. The smallest absolute Gasteiger partial charge is 0.221 e. The molecule has 1 amide bonds. The van der Waals surface area contributed by atoms with Crippen molar-refractivity contribution in [2.75, 3.05) is 12.8 Å². The Hall–Kier alpha value is -1.90. The Balaban J connectivity index is 1.83. The molecule has 0 atom stereocenters. The minimum absolute atomic E-state index is 0.0506. The molecule has 2 aromatic rings. The molecule has 0 aliphatic carbocycles. The zero-order valence-electron chi connectivity index (χ0n) is 12.4. The highest BCUT2D eigenvalue weighted by atomic mass is 35.5. The number of sulfonamides is 1. The van der Waals surface area contributed by atoms with Crippen LogP contribution in [0.5, 0.6) is 0 Å². The van der Waals surface area contributed by atoms with Crippen LogP contribution < -0.4 is 10.0 Å². The molecule has 0 saturated heterocycles. The van der Waals surface area contributed by atoms with Gasteiger partial charge in [-0.2, -0.15) is 0 Å². The van der Waals surface area contributed by atoms with E-state index in [0.717, 1.165) is 11.8 Å². The molecular weight excluding hydrogens is 342 g/mol. The van der Waals surface area contributed by atoms with Crippen LogP contribution in [0.2, 0.25) is 5.02 Å². The van der Waals surface area contributed by atoms with Gasteiger partial charge in [-0.3, -0.25) is 4.79 Å². The summed E-state index contributed by atoms with van der Waals surface area (Å²) in [6.07, 6.45) is 1.09. The van der Waals surface area contributed by atoms with E-state index >= 15 is 0 Å². The van der Waals surface area contributed by atoms with E-state index in [1.54, 1.807) is 18.2 Å². The van der Waals surface area contributed by atoms with Crippen molar-refractivity contribution in [1.82, 2.24) is 15.2 Å². The molecule has 0 spiro atoms. The van der Waals surface area contributed by atoms with Gasteiger partial charge in [0.25, 0.3) is 0 Å². The highest BCUT2D eigenvalue weighted by molar-refractivity contribution is 7.88. The summed E-state index contributed by atoms with van der Waals surface area (Å²) in [6.45, 7) is 0.258. The normalized spacial score (nSPS) is 11.4. The number of carbonyl (C=O) groups is 1. The summed E-state index contributed by atoms with van der Waals surface area (Å²) >= 11 is 5.82. The molecule has 0 bridgehead atoms. The number of hydrogen-bond acceptors (Lipinski definition) is 5. The number of nitrogens with one attached hydrogen (secondary N) is 2. The number of hydrogen-bond donors (Lipinski definition) is 2. The lowest BCUT2D eigenvalue weighted by Crippen LogP contribution is -2.29. The maximum absolute atomic E-state index is 11.6. The van der Waals surface area contributed by atoms with E-state index in [1.165, 1.54) is 0 Å². The Morgan fingerprint density at radius 1 is 1.30 bits per heavy atom. The van der Waals surface area contributed by atoms with Gasteiger partial charge >= 0.3 is 0 Å². The second kappa shape index (κ2) is 7.58. The molecule has 23 heavy (non-hydrogen) atoms. The van der Waals surface area contributed by atoms with Crippen LogP contribution >= 0.6 is 11.6 Å². The van der Waals surface area contributed by atoms with Crippen molar-refractivity contribution in [3.05, 3.63) is 41.0 Å². The SMILES string of the molecule is CS(=O)(=O)NCCC(=O)NCc1cc(-c2ccc(Cl)cc2)on1. The van der Waals surface area contributed by atoms with Crippen LogP contribution in [0.1, 0.15) is 12.1 Å². The van der Waals surface area contributed by atoms with Gasteiger partial charge in [0.2, 0.25) is 15.9 Å². The van der Waals surface area contributed by atoms with Gasteiger partial charge in [-0.25, -0.2) is 13.1 Å². The molecule has 2 rings (SSSR count). The van der Waals surface area contributed by atoms with E-state index in [-0.39, 0.29) is 25.4 Å². The lowest BCUT2D eigenvalue weighted by Gasteiger charge is -2.03. The largest absolute Gasteiger partial charge is 0.356 e. The third-order valence-corrected chi connectivity index (χ3v) is 3.85. The van der Waals surface area contributed by atoms with Crippen LogP contribution in [0.3, 0.4) is 0 Å². The average Bonchev–Trinajstić information content (AvgIpc) is 2.93. The van der Waals surface area contributed by atoms with E-state index in [0.29, 0.717) is 16.5 Å². The molecule has 1 heterocycles. The zero-order chi connectivity index (χ0) is 16.9. The first-order valence-corrected chi connectivity index (χ1v) is 9.03. The first-order chi connectivity index (χ1) is 10.8. The number of amides is 1. The van der Waals surface area contributed by atoms with Gasteiger partial charge in [0.1, 0.15) is 5.69 Å². The lowest BCUT2D eigenvalue weighted by atomic mass is 10.1. The van der Waals surface area contributed by atoms with Gasteiger partial charge < -0.3 is 9.84 Å². The minimum atomic E-state index is -3.28. The van der Waals surface area contributed by atoms with Crippen molar-refractivity contribution >= 4 is 27.5 Å². The highest BCUT2D eigenvalue weighted by Crippen LogP contribution is 2.22. The average molecular weight is 358 g/mol.